The van der Waals surface area contributed by atoms with Crippen LogP contribution in [0.25, 0.3) is 0 Å². The second-order valence-corrected chi connectivity index (χ2v) is 11.9. The summed E-state index contributed by atoms with van der Waals surface area (Å²) < 4.78 is 18.2. The summed E-state index contributed by atoms with van der Waals surface area (Å²) in [6, 6.07) is -2.17. The molecule has 0 aromatic carbocycles. The number of aliphatic hydroxyl groups excluding tert-OH is 3. The lowest BCUT2D eigenvalue weighted by Gasteiger charge is -2.51. The molecule has 41 heavy (non-hydrogen) atoms. The summed E-state index contributed by atoms with van der Waals surface area (Å²) in [5.74, 6) is -0.721. The van der Waals surface area contributed by atoms with Crippen LogP contribution in [0, 0.1) is 5.92 Å². The summed E-state index contributed by atoms with van der Waals surface area (Å²) in [6.07, 6.45) is -4.02. The summed E-state index contributed by atoms with van der Waals surface area (Å²) in [7, 11) is 1.60. The summed E-state index contributed by atoms with van der Waals surface area (Å²) in [5, 5.41) is 56.3. The molecule has 1 aliphatic carbocycles. The molecule has 0 aromatic heterocycles. The van der Waals surface area contributed by atoms with Gasteiger partial charge in [0.1, 0.15) is 35.8 Å². The van der Waals surface area contributed by atoms with Crippen molar-refractivity contribution in [3.05, 3.63) is 11.8 Å². The van der Waals surface area contributed by atoms with Crippen LogP contribution in [0.3, 0.4) is 0 Å². The highest BCUT2D eigenvalue weighted by atomic mass is 16.7. The number of carbonyl (C=O) groups is 1. The van der Waals surface area contributed by atoms with Crippen molar-refractivity contribution in [2.24, 2.45) is 23.1 Å². The Kier molecular flexibility index (Phi) is 11.0. The molecule has 0 bridgehead atoms. The lowest BCUT2D eigenvalue weighted by molar-refractivity contribution is -0.297. The number of rotatable bonds is 11. The van der Waals surface area contributed by atoms with E-state index in [0.29, 0.717) is 12.2 Å². The molecule has 1 unspecified atom stereocenters. The Morgan fingerprint density at radius 3 is 2.61 bits per heavy atom. The quantitative estimate of drug-likeness (QED) is 0.108. The third kappa shape index (κ3) is 7.20. The van der Waals surface area contributed by atoms with E-state index in [1.165, 1.54) is 6.92 Å². The summed E-state index contributed by atoms with van der Waals surface area (Å²) in [5.41, 5.74) is 16.7. The first-order chi connectivity index (χ1) is 19.5. The van der Waals surface area contributed by atoms with Gasteiger partial charge in [0.15, 0.2) is 6.29 Å². The molecular formula is C26H49N7O8. The molecule has 0 radical (unpaired) electrons. The van der Waals surface area contributed by atoms with Crippen molar-refractivity contribution in [2.75, 3.05) is 39.8 Å². The molecule has 12 atom stereocenters. The SMILES string of the molecule is CN[C@@H]1[C@@H](O)[C@@H](O[C@@H]2[C@@H](O)[C@H](C3OC(CN)=CC[C@H]3NC3CNC3)[C@@H](N)C[C@H]2NC(=O)[C@@H](O)CCN)OC[C@]1(C)O. The average Bonchev–Trinajstić information content (AvgIpc) is 2.90. The van der Waals surface area contributed by atoms with Crippen molar-refractivity contribution in [3.8, 4) is 0 Å². The first kappa shape index (κ1) is 32.4. The molecule has 15 nitrogen and oxygen atoms in total. The second kappa shape index (κ2) is 13.9. The number of aliphatic hydroxyl groups is 4. The van der Waals surface area contributed by atoms with Crippen LogP contribution in [-0.2, 0) is 19.0 Å². The van der Waals surface area contributed by atoms with E-state index in [9.17, 15) is 25.2 Å². The predicted molar refractivity (Wildman–Crippen MR) is 148 cm³/mol. The van der Waals surface area contributed by atoms with E-state index in [0.717, 1.165) is 13.1 Å². The van der Waals surface area contributed by atoms with E-state index in [4.69, 9.17) is 31.4 Å². The van der Waals surface area contributed by atoms with Crippen LogP contribution in [0.4, 0.5) is 0 Å². The van der Waals surface area contributed by atoms with E-state index in [1.807, 2.05) is 6.08 Å². The Bertz CT molecular complexity index is 909. The minimum Gasteiger partial charge on any atom is -0.492 e. The standard InChI is InChI=1S/C26H49N7O8/c1-26(38)11-39-25(20(36)23(26)30-2)41-22-16(33-24(37)17(34)5-6-27)7-14(29)18(19(22)35)21-15(32-12-9-31-10-12)4-3-13(8-28)40-21/h3,12,14-23,25,30-32,34-36,38H,4-11,27-29H2,1-2H3,(H,33,37)/t14-,15+,16+,17-,18+,19-,20+,21?,22-,23+,25+,26-/m0/s1. The third-order valence-corrected chi connectivity index (χ3v) is 8.75. The van der Waals surface area contributed by atoms with Crippen molar-refractivity contribution in [2.45, 2.75) is 98.8 Å². The molecule has 236 valence electrons. The maximum Gasteiger partial charge on any atom is 0.249 e. The highest BCUT2D eigenvalue weighted by Crippen LogP contribution is 2.37. The van der Waals surface area contributed by atoms with Crippen LogP contribution in [0.1, 0.15) is 26.2 Å². The minimum absolute atomic E-state index is 0.0537. The van der Waals surface area contributed by atoms with E-state index in [-0.39, 0.29) is 44.6 Å². The fraction of sp³-hybridized carbons (Fsp3) is 0.885. The van der Waals surface area contributed by atoms with E-state index in [1.54, 1.807) is 7.05 Å². The normalized spacial score (nSPS) is 42.5. The van der Waals surface area contributed by atoms with Gasteiger partial charge in [-0.25, -0.2) is 0 Å². The molecule has 14 N–H and O–H groups in total. The van der Waals surface area contributed by atoms with Crippen molar-refractivity contribution in [3.63, 3.8) is 0 Å². The van der Waals surface area contributed by atoms with Gasteiger partial charge in [0, 0.05) is 37.1 Å². The largest absolute Gasteiger partial charge is 0.492 e. The second-order valence-electron chi connectivity index (χ2n) is 11.9. The van der Waals surface area contributed by atoms with E-state index >= 15 is 0 Å². The number of nitrogens with one attached hydrogen (secondary N) is 4. The lowest BCUT2D eigenvalue weighted by Crippen LogP contribution is -2.70. The van der Waals surface area contributed by atoms with Crippen LogP contribution in [0.2, 0.25) is 0 Å². The molecule has 0 aromatic rings. The van der Waals surface area contributed by atoms with E-state index < -0.39 is 72.4 Å². The van der Waals surface area contributed by atoms with Crippen molar-refractivity contribution < 1.29 is 39.4 Å². The van der Waals surface area contributed by atoms with Gasteiger partial charge in [-0.3, -0.25) is 4.79 Å². The van der Waals surface area contributed by atoms with Crippen LogP contribution < -0.4 is 38.5 Å². The molecule has 4 rings (SSSR count). The van der Waals surface area contributed by atoms with Crippen molar-refractivity contribution in [1.82, 2.24) is 21.3 Å². The first-order valence-electron chi connectivity index (χ1n) is 14.5. The maximum atomic E-state index is 12.8. The van der Waals surface area contributed by atoms with Crippen molar-refractivity contribution in [1.29, 1.82) is 0 Å². The zero-order valence-corrected chi connectivity index (χ0v) is 23.8. The van der Waals surface area contributed by atoms with Gasteiger partial charge in [0.05, 0.1) is 31.3 Å². The molecule has 4 aliphatic rings. The Balaban J connectivity index is 1.60. The number of ether oxygens (including phenoxy) is 3. The first-order valence-corrected chi connectivity index (χ1v) is 14.5. The Hall–Kier alpha value is -1.47. The van der Waals surface area contributed by atoms with Gasteiger partial charge in [-0.15, -0.1) is 0 Å². The third-order valence-electron chi connectivity index (χ3n) is 8.75. The fourth-order valence-corrected chi connectivity index (χ4v) is 6.39. The van der Waals surface area contributed by atoms with Gasteiger partial charge in [0.25, 0.3) is 0 Å². The molecule has 15 heteroatoms. The summed E-state index contributed by atoms with van der Waals surface area (Å²) >= 11 is 0. The summed E-state index contributed by atoms with van der Waals surface area (Å²) in [6.45, 7) is 3.32. The number of hydrogen-bond donors (Lipinski definition) is 11. The van der Waals surface area contributed by atoms with Gasteiger partial charge >= 0.3 is 0 Å². The van der Waals surface area contributed by atoms with Gasteiger partial charge < -0.3 is 73.1 Å². The highest BCUT2D eigenvalue weighted by molar-refractivity contribution is 5.80. The molecule has 2 saturated heterocycles. The zero-order valence-electron chi connectivity index (χ0n) is 23.8. The van der Waals surface area contributed by atoms with Gasteiger partial charge in [0.2, 0.25) is 5.91 Å². The highest BCUT2D eigenvalue weighted by Gasteiger charge is 2.54. The lowest BCUT2D eigenvalue weighted by atomic mass is 9.72. The number of likely N-dealkylation sites (N-methyl/N-ethyl adjacent to an activating group) is 1. The van der Waals surface area contributed by atoms with Crippen LogP contribution in [0.15, 0.2) is 11.8 Å². The number of carbonyl (C=O) groups excluding carboxylic acids is 1. The Morgan fingerprint density at radius 1 is 1.27 bits per heavy atom. The van der Waals surface area contributed by atoms with Gasteiger partial charge in [-0.2, -0.15) is 0 Å². The molecule has 3 fully saturated rings. The molecule has 1 saturated carbocycles. The molecule has 0 spiro atoms. The molecule has 3 aliphatic heterocycles. The number of nitrogens with two attached hydrogens (primary N) is 3. The van der Waals surface area contributed by atoms with Crippen LogP contribution in [0.5, 0.6) is 0 Å². The molecule has 1 amide bonds. The van der Waals surface area contributed by atoms with Gasteiger partial charge in [-0.1, -0.05) is 0 Å². The monoisotopic (exact) mass is 587 g/mol. The predicted octanol–water partition coefficient (Wildman–Crippen LogP) is -5.11. The molecule has 3 heterocycles. The van der Waals surface area contributed by atoms with Crippen molar-refractivity contribution >= 4 is 5.91 Å². The van der Waals surface area contributed by atoms with E-state index in [2.05, 4.69) is 21.3 Å². The fourth-order valence-electron chi connectivity index (χ4n) is 6.39. The maximum absolute atomic E-state index is 12.8. The number of hydrogen-bond acceptors (Lipinski definition) is 14. The Labute approximate surface area is 240 Å². The number of amides is 1. The Morgan fingerprint density at radius 2 is 2.00 bits per heavy atom. The molecular weight excluding hydrogens is 538 g/mol. The minimum atomic E-state index is -1.37. The zero-order chi connectivity index (χ0) is 29.9. The van der Waals surface area contributed by atoms with Gasteiger partial charge in [-0.05, 0) is 45.9 Å². The topological polar surface area (TPSA) is 252 Å². The average molecular weight is 588 g/mol. The van der Waals surface area contributed by atoms with Crippen LogP contribution >= 0.6 is 0 Å². The van der Waals surface area contributed by atoms with Crippen LogP contribution in [-0.4, -0.2) is 139 Å². The smallest absolute Gasteiger partial charge is 0.249 e. The summed E-state index contributed by atoms with van der Waals surface area (Å²) in [4.78, 5) is 12.8.